The van der Waals surface area contributed by atoms with Crippen LogP contribution in [0.4, 0.5) is 0 Å². The van der Waals surface area contributed by atoms with E-state index in [1.165, 1.54) is 16.8 Å². The molecule has 3 nitrogen and oxygen atoms in total. The molecule has 0 unspecified atom stereocenters. The van der Waals surface area contributed by atoms with Crippen molar-refractivity contribution in [3.05, 3.63) is 166 Å². The van der Waals surface area contributed by atoms with E-state index in [9.17, 15) is 0 Å². The van der Waals surface area contributed by atoms with Crippen LogP contribution < -0.4 is 0 Å². The summed E-state index contributed by atoms with van der Waals surface area (Å²) >= 11 is 0. The van der Waals surface area contributed by atoms with Gasteiger partial charge in [-0.3, -0.25) is 4.99 Å². The van der Waals surface area contributed by atoms with E-state index in [-0.39, 0.29) is 10.8 Å². The first kappa shape index (κ1) is 25.2. The minimum Gasteiger partial charge on any atom is -0.358 e. The maximum absolute atomic E-state index is 5.28. The van der Waals surface area contributed by atoms with Gasteiger partial charge in [-0.15, -0.1) is 0 Å². The van der Waals surface area contributed by atoms with Gasteiger partial charge in [-0.25, -0.2) is 4.99 Å². The summed E-state index contributed by atoms with van der Waals surface area (Å²) in [7, 11) is 0. The van der Waals surface area contributed by atoms with Crippen LogP contribution in [0.15, 0.2) is 143 Å². The number of aromatic amines is 1. The molecule has 0 saturated carbocycles. The molecule has 3 heteroatoms. The summed E-state index contributed by atoms with van der Waals surface area (Å²) in [6, 6.07) is 34.5. The van der Waals surface area contributed by atoms with Crippen LogP contribution in [0.1, 0.15) is 61.3 Å². The van der Waals surface area contributed by atoms with Gasteiger partial charge < -0.3 is 4.98 Å². The monoisotopic (exact) mass is 531 g/mol. The number of aliphatic imine (C=N–C) groups is 2. The zero-order valence-electron chi connectivity index (χ0n) is 23.9. The zero-order valence-corrected chi connectivity index (χ0v) is 23.9. The van der Waals surface area contributed by atoms with E-state index in [2.05, 4.69) is 154 Å². The number of hydrogen-bond acceptors (Lipinski definition) is 2. The first-order valence-electron chi connectivity index (χ1n) is 14.3. The van der Waals surface area contributed by atoms with Crippen molar-refractivity contribution in [3.63, 3.8) is 0 Å². The van der Waals surface area contributed by atoms with Crippen LogP contribution in [0.3, 0.4) is 0 Å². The van der Waals surface area contributed by atoms with Crippen molar-refractivity contribution in [3.8, 4) is 0 Å². The number of aromatic nitrogens is 1. The molecule has 3 aliphatic heterocycles. The van der Waals surface area contributed by atoms with Crippen molar-refractivity contribution in [1.29, 1.82) is 0 Å². The van der Waals surface area contributed by atoms with Gasteiger partial charge in [-0.1, -0.05) is 113 Å². The molecule has 7 rings (SSSR count). The van der Waals surface area contributed by atoms with Gasteiger partial charge in [0.1, 0.15) is 0 Å². The Morgan fingerprint density at radius 3 is 1.85 bits per heavy atom. The minimum atomic E-state index is -0.275. The molecule has 8 bridgehead atoms. The van der Waals surface area contributed by atoms with E-state index in [0.29, 0.717) is 0 Å². The molecule has 3 aromatic carbocycles. The molecule has 4 aromatic rings. The van der Waals surface area contributed by atoms with Crippen molar-refractivity contribution in [1.82, 2.24) is 4.98 Å². The molecule has 200 valence electrons. The van der Waals surface area contributed by atoms with E-state index in [0.717, 1.165) is 50.8 Å². The number of fused-ring (bicyclic) bond motifs is 6. The van der Waals surface area contributed by atoms with E-state index >= 15 is 0 Å². The highest BCUT2D eigenvalue weighted by Crippen LogP contribution is 2.39. The van der Waals surface area contributed by atoms with Gasteiger partial charge >= 0.3 is 0 Å². The number of allylic oxidation sites excluding steroid dienone is 5. The lowest BCUT2D eigenvalue weighted by Gasteiger charge is -2.29. The Hall–Kier alpha value is -4.76. The van der Waals surface area contributed by atoms with Crippen molar-refractivity contribution < 1.29 is 0 Å². The quantitative estimate of drug-likeness (QED) is 0.268. The smallest absolute Gasteiger partial charge is 0.0738 e. The van der Waals surface area contributed by atoms with Crippen molar-refractivity contribution in [2.24, 2.45) is 9.98 Å². The van der Waals surface area contributed by atoms with Crippen molar-refractivity contribution >= 4 is 22.6 Å². The number of nitrogens with zero attached hydrogens (tertiary/aromatic N) is 2. The summed E-state index contributed by atoms with van der Waals surface area (Å²) < 4.78 is 0. The lowest BCUT2D eigenvalue weighted by atomic mass is 9.75. The average Bonchev–Trinajstić information content (AvgIpc) is 3.77. The van der Waals surface area contributed by atoms with Gasteiger partial charge in [0.2, 0.25) is 0 Å². The molecule has 0 aliphatic carbocycles. The third-order valence-corrected chi connectivity index (χ3v) is 8.75. The van der Waals surface area contributed by atoms with Gasteiger partial charge in [-0.05, 0) is 58.7 Å². The van der Waals surface area contributed by atoms with Crippen LogP contribution in [0, 0.1) is 0 Å². The molecule has 0 spiro atoms. The van der Waals surface area contributed by atoms with Crippen LogP contribution in [-0.2, 0) is 10.8 Å². The topological polar surface area (TPSA) is 40.5 Å². The third kappa shape index (κ3) is 4.20. The van der Waals surface area contributed by atoms with Crippen LogP contribution >= 0.6 is 0 Å². The zero-order chi connectivity index (χ0) is 28.2. The lowest BCUT2D eigenvalue weighted by Crippen LogP contribution is -2.28. The highest BCUT2D eigenvalue weighted by atomic mass is 14.8. The lowest BCUT2D eigenvalue weighted by molar-refractivity contribution is 0.616. The van der Waals surface area contributed by atoms with Crippen LogP contribution in [0.2, 0.25) is 0 Å². The number of hydrogen-bond donors (Lipinski definition) is 1. The van der Waals surface area contributed by atoms with Gasteiger partial charge in [0, 0.05) is 33.4 Å². The molecule has 0 amide bonds. The molecule has 0 atom stereocenters. The molecule has 4 heterocycles. The summed E-state index contributed by atoms with van der Waals surface area (Å²) in [5.41, 5.74) is 12.4. The van der Waals surface area contributed by atoms with Gasteiger partial charge in [0.15, 0.2) is 0 Å². The molecule has 0 saturated heterocycles. The van der Waals surface area contributed by atoms with Gasteiger partial charge in [-0.2, -0.15) is 0 Å². The molecule has 0 fully saturated rings. The second kappa shape index (κ2) is 9.42. The molecule has 1 N–H and O–H groups in total. The number of benzene rings is 3. The van der Waals surface area contributed by atoms with Gasteiger partial charge in [0.25, 0.3) is 0 Å². The predicted molar refractivity (Wildman–Crippen MR) is 171 cm³/mol. The fourth-order valence-electron chi connectivity index (χ4n) is 6.07. The maximum Gasteiger partial charge on any atom is 0.0738 e. The molecule has 1 aromatic heterocycles. The van der Waals surface area contributed by atoms with Crippen molar-refractivity contribution in [2.45, 2.75) is 38.5 Å². The largest absolute Gasteiger partial charge is 0.358 e. The summed E-state index contributed by atoms with van der Waals surface area (Å²) in [6.07, 6.45) is 8.60. The normalized spacial score (nSPS) is 20.3. The Kier molecular flexibility index (Phi) is 5.79. The van der Waals surface area contributed by atoms with E-state index in [4.69, 9.17) is 9.98 Å². The fourth-order valence-corrected chi connectivity index (χ4v) is 6.07. The first-order chi connectivity index (χ1) is 19.8. The van der Waals surface area contributed by atoms with Crippen LogP contribution in [0.5, 0.6) is 0 Å². The molecule has 3 aliphatic rings. The van der Waals surface area contributed by atoms with E-state index in [1.807, 2.05) is 0 Å². The predicted octanol–water partition coefficient (Wildman–Crippen LogP) is 8.82. The Morgan fingerprint density at radius 1 is 0.537 bits per heavy atom. The minimum absolute atomic E-state index is 0.229. The van der Waals surface area contributed by atoms with Crippen LogP contribution in [-0.4, -0.2) is 16.4 Å². The summed E-state index contributed by atoms with van der Waals surface area (Å²) in [6.45, 7) is 9.12. The standard InChI is InChI=1S/C38H33N3/c1-37(2)27-16-11-17-28(24-27)38(3,4)34-23-21-32(41-34)36(26-14-9-6-10-15-26)30-19-18-29(39-30)35(25-12-7-5-8-13-25)31-20-22-33(37)40-31/h5-24,40H,1-4H3/b35-29?,36-32-. The van der Waals surface area contributed by atoms with E-state index < -0.39 is 0 Å². The Labute approximate surface area is 242 Å². The van der Waals surface area contributed by atoms with Crippen LogP contribution in [0.25, 0.3) is 11.1 Å². The Balaban J connectivity index is 1.55. The Bertz CT molecular complexity index is 1850. The average molecular weight is 532 g/mol. The summed E-state index contributed by atoms with van der Waals surface area (Å²) in [5.74, 6) is 0. The highest BCUT2D eigenvalue weighted by molar-refractivity contribution is 6.32. The summed E-state index contributed by atoms with van der Waals surface area (Å²) in [5, 5.41) is 0. The first-order valence-corrected chi connectivity index (χ1v) is 14.3. The molecular formula is C38H33N3. The number of rotatable bonds is 2. The fraction of sp³-hybridized carbons (Fsp3) is 0.158. The molecule has 0 radical (unpaired) electrons. The van der Waals surface area contributed by atoms with Gasteiger partial charge in [0.05, 0.1) is 22.8 Å². The Morgan fingerprint density at radius 2 is 1.15 bits per heavy atom. The molecule has 41 heavy (non-hydrogen) atoms. The second-order valence-corrected chi connectivity index (χ2v) is 12.0. The van der Waals surface area contributed by atoms with Crippen molar-refractivity contribution in [2.75, 3.05) is 0 Å². The number of nitrogens with one attached hydrogen (secondary N) is 1. The SMILES string of the molecule is CC1(C)C2=N/C(=C(/c3ccccc3)C3=NC(=C(c4ccccc4)c4ccc([nH]4)C(C)(C)c4cccc1c4)C=C3)C=C2. The number of H-pyrrole nitrogens is 1. The second-order valence-electron chi connectivity index (χ2n) is 12.0. The molecular weight excluding hydrogens is 498 g/mol. The third-order valence-electron chi connectivity index (χ3n) is 8.75. The highest BCUT2D eigenvalue weighted by Gasteiger charge is 2.32. The maximum atomic E-state index is 5.28. The summed E-state index contributed by atoms with van der Waals surface area (Å²) in [4.78, 5) is 14.4. The van der Waals surface area contributed by atoms with E-state index in [1.54, 1.807) is 0 Å².